The molecule has 9 heavy (non-hydrogen) atoms. The minimum Gasteiger partial charge on any atom is -0.144 e. The molecular formula is C8H9S. The van der Waals surface area contributed by atoms with Crippen LogP contribution in [0.25, 0.3) is 6.08 Å². The van der Waals surface area contributed by atoms with Gasteiger partial charge in [-0.1, -0.05) is 12.1 Å². The largest absolute Gasteiger partial charge is 0.144 e. The van der Waals surface area contributed by atoms with Crippen LogP contribution in [-0.4, -0.2) is 0 Å². The molecule has 0 aliphatic carbocycles. The van der Waals surface area contributed by atoms with Gasteiger partial charge in [0.1, 0.15) is 0 Å². The van der Waals surface area contributed by atoms with Crippen LogP contribution in [0.1, 0.15) is 11.3 Å². The molecule has 1 aromatic rings. The maximum atomic E-state index is 3.70. The van der Waals surface area contributed by atoms with Crippen molar-refractivity contribution >= 4 is 17.4 Å². The van der Waals surface area contributed by atoms with E-state index < -0.39 is 0 Å². The summed E-state index contributed by atoms with van der Waals surface area (Å²) >= 11 is 1.75. The van der Waals surface area contributed by atoms with Crippen molar-refractivity contribution in [3.8, 4) is 0 Å². The third-order valence-electron chi connectivity index (χ3n) is 0.992. The van der Waals surface area contributed by atoms with Crippen molar-refractivity contribution in [1.82, 2.24) is 0 Å². The van der Waals surface area contributed by atoms with Gasteiger partial charge in [0.15, 0.2) is 0 Å². The summed E-state index contributed by atoms with van der Waals surface area (Å²) in [6.45, 7) is 3.70. The van der Waals surface area contributed by atoms with Gasteiger partial charge in [-0.3, -0.25) is 0 Å². The van der Waals surface area contributed by atoms with Crippen LogP contribution in [0.3, 0.4) is 0 Å². The first-order valence-electron chi connectivity index (χ1n) is 2.93. The topological polar surface area (TPSA) is 0 Å². The van der Waals surface area contributed by atoms with Gasteiger partial charge >= 0.3 is 0 Å². The van der Waals surface area contributed by atoms with Gasteiger partial charge in [0, 0.05) is 4.88 Å². The lowest BCUT2D eigenvalue weighted by Gasteiger charge is -1.78. The van der Waals surface area contributed by atoms with Crippen LogP contribution < -0.4 is 0 Å². The van der Waals surface area contributed by atoms with E-state index in [4.69, 9.17) is 0 Å². The minimum atomic E-state index is 0.873. The van der Waals surface area contributed by atoms with E-state index in [1.807, 2.05) is 6.07 Å². The normalized spacial score (nSPS) is 10.8. The Labute approximate surface area is 59.8 Å². The molecule has 47 valence electrons. The maximum Gasteiger partial charge on any atom is 0.0267 e. The zero-order valence-corrected chi connectivity index (χ0v) is 6.03. The fourth-order valence-electron chi connectivity index (χ4n) is 0.586. The van der Waals surface area contributed by atoms with Crippen molar-refractivity contribution in [3.05, 3.63) is 35.4 Å². The van der Waals surface area contributed by atoms with E-state index in [2.05, 4.69) is 30.5 Å². The smallest absolute Gasteiger partial charge is 0.0267 e. The predicted molar refractivity (Wildman–Crippen MR) is 43.3 cm³/mol. The van der Waals surface area contributed by atoms with Crippen LogP contribution in [0.4, 0.5) is 0 Å². The molecule has 0 unspecified atom stereocenters. The molecule has 0 aromatic carbocycles. The van der Waals surface area contributed by atoms with Crippen molar-refractivity contribution in [2.24, 2.45) is 0 Å². The summed E-state index contributed by atoms with van der Waals surface area (Å²) in [7, 11) is 0. The molecule has 0 aliphatic rings. The van der Waals surface area contributed by atoms with Gasteiger partial charge in [-0.15, -0.1) is 11.3 Å². The van der Waals surface area contributed by atoms with Crippen LogP contribution in [0.2, 0.25) is 0 Å². The summed E-state index contributed by atoms with van der Waals surface area (Å²) in [5.41, 5.74) is 0. The average Bonchev–Trinajstić information content (AvgIpc) is 2.34. The second kappa shape index (κ2) is 3.46. The van der Waals surface area contributed by atoms with Crippen molar-refractivity contribution in [2.75, 3.05) is 0 Å². The lowest BCUT2D eigenvalue weighted by Crippen LogP contribution is -1.54. The molecule has 1 heterocycles. The van der Waals surface area contributed by atoms with Crippen LogP contribution in [0.5, 0.6) is 0 Å². The zero-order valence-electron chi connectivity index (χ0n) is 5.21. The summed E-state index contributed by atoms with van der Waals surface area (Å²) < 4.78 is 0. The summed E-state index contributed by atoms with van der Waals surface area (Å²) in [5, 5.41) is 2.07. The number of allylic oxidation sites excluding steroid dienone is 1. The Bertz CT molecular complexity index is 172. The van der Waals surface area contributed by atoms with Crippen molar-refractivity contribution < 1.29 is 0 Å². The van der Waals surface area contributed by atoms with Crippen molar-refractivity contribution in [2.45, 2.75) is 6.42 Å². The fraction of sp³-hybridized carbons (Fsp3) is 0.125. The highest BCUT2D eigenvalue weighted by atomic mass is 32.1. The maximum absolute atomic E-state index is 3.70. The second-order valence-corrected chi connectivity index (χ2v) is 2.69. The molecule has 0 fully saturated rings. The molecular weight excluding hydrogens is 128 g/mol. The van der Waals surface area contributed by atoms with E-state index in [0.29, 0.717) is 0 Å². The highest BCUT2D eigenvalue weighted by Crippen LogP contribution is 2.09. The van der Waals surface area contributed by atoms with E-state index in [-0.39, 0.29) is 0 Å². The molecule has 0 bridgehead atoms. The molecule has 0 atom stereocenters. The van der Waals surface area contributed by atoms with Crippen molar-refractivity contribution in [3.63, 3.8) is 0 Å². The van der Waals surface area contributed by atoms with Crippen molar-refractivity contribution in [1.29, 1.82) is 0 Å². The Hall–Kier alpha value is -0.560. The van der Waals surface area contributed by atoms with Gasteiger partial charge in [0.2, 0.25) is 0 Å². The van der Waals surface area contributed by atoms with E-state index in [1.165, 1.54) is 4.88 Å². The fourth-order valence-corrected chi connectivity index (χ4v) is 1.23. The van der Waals surface area contributed by atoms with E-state index in [0.717, 1.165) is 6.42 Å². The summed E-state index contributed by atoms with van der Waals surface area (Å²) in [6, 6.07) is 4.14. The van der Waals surface area contributed by atoms with Gasteiger partial charge in [-0.25, -0.2) is 0 Å². The molecule has 0 amide bonds. The molecule has 0 saturated heterocycles. The van der Waals surface area contributed by atoms with E-state index in [1.54, 1.807) is 11.3 Å². The Kier molecular flexibility index (Phi) is 2.52. The Morgan fingerprint density at radius 2 is 2.56 bits per heavy atom. The SMILES string of the molecule is [CH2]CC=Cc1cccs1. The lowest BCUT2D eigenvalue weighted by atomic mass is 10.4. The second-order valence-electron chi connectivity index (χ2n) is 1.71. The highest BCUT2D eigenvalue weighted by Gasteiger charge is 1.81. The summed E-state index contributed by atoms with van der Waals surface area (Å²) in [5.74, 6) is 0. The van der Waals surface area contributed by atoms with E-state index >= 15 is 0 Å². The highest BCUT2D eigenvalue weighted by molar-refractivity contribution is 7.10. The third kappa shape index (κ3) is 2.02. The monoisotopic (exact) mass is 137 g/mol. The van der Waals surface area contributed by atoms with Gasteiger partial charge in [0.25, 0.3) is 0 Å². The quantitative estimate of drug-likeness (QED) is 0.588. The van der Waals surface area contributed by atoms with Gasteiger partial charge in [-0.2, -0.15) is 0 Å². The molecule has 0 nitrogen and oxygen atoms in total. The molecule has 0 spiro atoms. The van der Waals surface area contributed by atoms with Crippen LogP contribution >= 0.6 is 11.3 Å². The average molecular weight is 137 g/mol. The Morgan fingerprint density at radius 1 is 1.67 bits per heavy atom. The first kappa shape index (κ1) is 6.56. The first-order valence-corrected chi connectivity index (χ1v) is 3.81. The first-order chi connectivity index (χ1) is 4.43. The van der Waals surface area contributed by atoms with Crippen LogP contribution in [0.15, 0.2) is 23.6 Å². The predicted octanol–water partition coefficient (Wildman–Crippen LogP) is 2.99. The van der Waals surface area contributed by atoms with E-state index in [9.17, 15) is 0 Å². The Balaban J connectivity index is 2.57. The zero-order chi connectivity index (χ0) is 6.53. The molecule has 0 saturated carbocycles. The standard InChI is InChI=1S/C8H9S/c1-2-3-5-8-6-4-7-9-8/h3-7H,1-2H2. The number of thiophene rings is 1. The number of hydrogen-bond donors (Lipinski definition) is 0. The molecule has 1 radical (unpaired) electrons. The van der Waals surface area contributed by atoms with Gasteiger partial charge in [-0.05, 0) is 30.9 Å². The van der Waals surface area contributed by atoms with Crippen LogP contribution in [-0.2, 0) is 0 Å². The van der Waals surface area contributed by atoms with Crippen LogP contribution in [0, 0.1) is 6.92 Å². The van der Waals surface area contributed by atoms with Gasteiger partial charge < -0.3 is 0 Å². The molecule has 1 heteroatoms. The van der Waals surface area contributed by atoms with Gasteiger partial charge in [0.05, 0.1) is 0 Å². The third-order valence-corrected chi connectivity index (χ3v) is 1.83. The summed E-state index contributed by atoms with van der Waals surface area (Å²) in [4.78, 5) is 1.30. The number of rotatable bonds is 2. The molecule has 0 aliphatic heterocycles. The Morgan fingerprint density at radius 3 is 3.11 bits per heavy atom. The number of hydrogen-bond acceptors (Lipinski definition) is 1. The molecule has 0 N–H and O–H groups in total. The minimum absolute atomic E-state index is 0.873. The molecule has 1 rings (SSSR count). The summed E-state index contributed by atoms with van der Waals surface area (Å²) in [6.07, 6.45) is 5.03. The lowest BCUT2D eigenvalue weighted by molar-refractivity contribution is 1.42. The molecule has 1 aromatic heterocycles.